The van der Waals surface area contributed by atoms with Crippen LogP contribution in [0.25, 0.3) is 0 Å². The summed E-state index contributed by atoms with van der Waals surface area (Å²) < 4.78 is 34.7. The number of aromatic nitrogens is 1. The number of ether oxygens (including phenoxy) is 2. The van der Waals surface area contributed by atoms with Gasteiger partial charge in [0.1, 0.15) is 5.01 Å². The fraction of sp³-hybridized carbons (Fsp3) is 0.474. The SMILES string of the molecule is CCNC(=NCc1nc(C)c(C)s1)NCCc1ccc(OC)c(OC(F)F)c1. The summed E-state index contributed by atoms with van der Waals surface area (Å²) in [7, 11) is 1.42. The highest BCUT2D eigenvalue weighted by molar-refractivity contribution is 7.11. The van der Waals surface area contributed by atoms with Crippen LogP contribution in [0.1, 0.15) is 28.1 Å². The summed E-state index contributed by atoms with van der Waals surface area (Å²) >= 11 is 1.64. The zero-order chi connectivity index (χ0) is 20.5. The number of benzene rings is 1. The number of rotatable bonds is 9. The van der Waals surface area contributed by atoms with Crippen LogP contribution in [0.4, 0.5) is 8.78 Å². The van der Waals surface area contributed by atoms with Crippen LogP contribution in [0.2, 0.25) is 0 Å². The van der Waals surface area contributed by atoms with Crippen molar-refractivity contribution in [1.82, 2.24) is 15.6 Å². The number of halogens is 2. The normalized spacial score (nSPS) is 11.6. The number of thiazole rings is 1. The lowest BCUT2D eigenvalue weighted by molar-refractivity contribution is -0.0512. The number of aliphatic imine (C=N–C) groups is 1. The lowest BCUT2D eigenvalue weighted by atomic mass is 10.1. The first kappa shape index (κ1) is 21.9. The molecule has 0 bridgehead atoms. The first-order chi connectivity index (χ1) is 13.4. The maximum atomic E-state index is 12.5. The van der Waals surface area contributed by atoms with E-state index in [0.29, 0.717) is 25.5 Å². The van der Waals surface area contributed by atoms with Crippen LogP contribution in [0, 0.1) is 13.8 Å². The van der Waals surface area contributed by atoms with Gasteiger partial charge in [-0.25, -0.2) is 9.98 Å². The van der Waals surface area contributed by atoms with Gasteiger partial charge in [-0.2, -0.15) is 8.78 Å². The van der Waals surface area contributed by atoms with Gasteiger partial charge in [0, 0.05) is 18.0 Å². The molecule has 0 amide bonds. The van der Waals surface area contributed by atoms with E-state index in [9.17, 15) is 8.78 Å². The Labute approximate surface area is 168 Å². The van der Waals surface area contributed by atoms with Crippen molar-refractivity contribution in [3.63, 3.8) is 0 Å². The maximum Gasteiger partial charge on any atom is 0.387 e. The number of methoxy groups -OCH3 is 1. The molecule has 0 saturated carbocycles. The van der Waals surface area contributed by atoms with Crippen molar-refractivity contribution in [2.75, 3.05) is 20.2 Å². The Bertz CT molecular complexity index is 777. The van der Waals surface area contributed by atoms with E-state index in [1.165, 1.54) is 12.0 Å². The van der Waals surface area contributed by atoms with Gasteiger partial charge >= 0.3 is 6.61 Å². The average molecular weight is 413 g/mol. The molecule has 6 nitrogen and oxygen atoms in total. The number of guanidine groups is 1. The Morgan fingerprint density at radius 3 is 2.64 bits per heavy atom. The molecular formula is C19H26F2N4O2S. The van der Waals surface area contributed by atoms with E-state index in [-0.39, 0.29) is 11.5 Å². The van der Waals surface area contributed by atoms with Crippen LogP contribution in [0.15, 0.2) is 23.2 Å². The predicted molar refractivity (Wildman–Crippen MR) is 108 cm³/mol. The van der Waals surface area contributed by atoms with Gasteiger partial charge < -0.3 is 20.1 Å². The molecule has 2 aromatic rings. The predicted octanol–water partition coefficient (Wildman–Crippen LogP) is 3.67. The molecule has 0 spiro atoms. The molecule has 0 radical (unpaired) electrons. The van der Waals surface area contributed by atoms with E-state index >= 15 is 0 Å². The van der Waals surface area contributed by atoms with E-state index in [1.807, 2.05) is 26.8 Å². The molecule has 9 heteroatoms. The fourth-order valence-corrected chi connectivity index (χ4v) is 3.34. The third-order valence-corrected chi connectivity index (χ3v) is 5.00. The van der Waals surface area contributed by atoms with Gasteiger partial charge in [-0.05, 0) is 44.9 Å². The van der Waals surface area contributed by atoms with Crippen LogP contribution in [0.5, 0.6) is 11.5 Å². The van der Waals surface area contributed by atoms with Gasteiger partial charge in [-0.1, -0.05) is 6.07 Å². The van der Waals surface area contributed by atoms with Crippen LogP contribution in [0.3, 0.4) is 0 Å². The molecule has 28 heavy (non-hydrogen) atoms. The minimum atomic E-state index is -2.90. The molecule has 1 aromatic carbocycles. The van der Waals surface area contributed by atoms with Crippen molar-refractivity contribution < 1.29 is 18.3 Å². The van der Waals surface area contributed by atoms with Gasteiger partial charge in [0.2, 0.25) is 0 Å². The average Bonchev–Trinajstić information content (AvgIpc) is 2.97. The zero-order valence-corrected chi connectivity index (χ0v) is 17.3. The summed E-state index contributed by atoms with van der Waals surface area (Å²) in [5, 5.41) is 7.40. The molecule has 0 aliphatic heterocycles. The second kappa shape index (κ2) is 10.8. The Hall–Kier alpha value is -2.42. The van der Waals surface area contributed by atoms with Crippen molar-refractivity contribution in [2.24, 2.45) is 4.99 Å². The van der Waals surface area contributed by atoms with Crippen molar-refractivity contribution >= 4 is 17.3 Å². The molecule has 2 N–H and O–H groups in total. The van der Waals surface area contributed by atoms with Crippen molar-refractivity contribution in [1.29, 1.82) is 0 Å². The summed E-state index contributed by atoms with van der Waals surface area (Å²) in [6, 6.07) is 5.02. The molecule has 1 heterocycles. The van der Waals surface area contributed by atoms with E-state index in [1.54, 1.807) is 23.5 Å². The maximum absolute atomic E-state index is 12.5. The van der Waals surface area contributed by atoms with Crippen molar-refractivity contribution in [3.8, 4) is 11.5 Å². The molecule has 0 atom stereocenters. The van der Waals surface area contributed by atoms with Gasteiger partial charge in [0.25, 0.3) is 0 Å². The number of nitrogens with zero attached hydrogens (tertiary/aromatic N) is 2. The monoisotopic (exact) mass is 412 g/mol. The summed E-state index contributed by atoms with van der Waals surface area (Å²) in [5.41, 5.74) is 1.89. The Balaban J connectivity index is 1.95. The van der Waals surface area contributed by atoms with Crippen molar-refractivity contribution in [2.45, 2.75) is 40.3 Å². The molecule has 0 saturated heterocycles. The minimum Gasteiger partial charge on any atom is -0.493 e. The van der Waals surface area contributed by atoms with E-state index in [0.717, 1.165) is 22.8 Å². The molecular weight excluding hydrogens is 386 g/mol. The number of aryl methyl sites for hydroxylation is 2. The highest BCUT2D eigenvalue weighted by Gasteiger charge is 2.11. The Morgan fingerprint density at radius 2 is 2.04 bits per heavy atom. The van der Waals surface area contributed by atoms with Crippen LogP contribution in [-0.2, 0) is 13.0 Å². The minimum absolute atomic E-state index is 0.0325. The van der Waals surface area contributed by atoms with Crippen LogP contribution < -0.4 is 20.1 Å². The largest absolute Gasteiger partial charge is 0.493 e. The Kier molecular flexibility index (Phi) is 8.43. The van der Waals surface area contributed by atoms with Gasteiger partial charge in [0.05, 0.1) is 19.3 Å². The van der Waals surface area contributed by atoms with E-state index in [4.69, 9.17) is 4.74 Å². The summed E-state index contributed by atoms with van der Waals surface area (Å²) in [5.74, 6) is 0.997. The summed E-state index contributed by atoms with van der Waals surface area (Å²) in [6.45, 7) is 4.95. The second-order valence-corrected chi connectivity index (χ2v) is 7.27. The van der Waals surface area contributed by atoms with Crippen LogP contribution >= 0.6 is 11.3 Å². The van der Waals surface area contributed by atoms with Crippen LogP contribution in [-0.4, -0.2) is 37.8 Å². The van der Waals surface area contributed by atoms with Crippen molar-refractivity contribution in [3.05, 3.63) is 39.3 Å². The number of alkyl halides is 2. The Morgan fingerprint density at radius 1 is 1.25 bits per heavy atom. The highest BCUT2D eigenvalue weighted by atomic mass is 32.1. The number of hydrogen-bond donors (Lipinski definition) is 2. The number of hydrogen-bond acceptors (Lipinski definition) is 5. The summed E-state index contributed by atoms with van der Waals surface area (Å²) in [6.07, 6.45) is 0.615. The lowest BCUT2D eigenvalue weighted by Crippen LogP contribution is -2.38. The first-order valence-corrected chi connectivity index (χ1v) is 9.81. The smallest absolute Gasteiger partial charge is 0.387 e. The first-order valence-electron chi connectivity index (χ1n) is 8.99. The standard InChI is InChI=1S/C19H26F2N4O2S/c1-5-22-19(24-11-17-25-12(2)13(3)28-17)23-9-8-14-6-7-15(26-4)16(10-14)27-18(20)21/h6-7,10,18H,5,8-9,11H2,1-4H3,(H2,22,23,24). The fourth-order valence-electron chi connectivity index (χ4n) is 2.49. The molecule has 154 valence electrons. The quantitative estimate of drug-likeness (QED) is 0.486. The number of nitrogens with one attached hydrogen (secondary N) is 2. The summed E-state index contributed by atoms with van der Waals surface area (Å²) in [4.78, 5) is 10.2. The highest BCUT2D eigenvalue weighted by Crippen LogP contribution is 2.29. The van der Waals surface area contributed by atoms with Gasteiger partial charge in [-0.3, -0.25) is 0 Å². The lowest BCUT2D eigenvalue weighted by Gasteiger charge is -2.13. The third-order valence-electron chi connectivity index (χ3n) is 3.94. The zero-order valence-electron chi connectivity index (χ0n) is 16.5. The van der Waals surface area contributed by atoms with E-state index < -0.39 is 6.61 Å². The molecule has 0 aliphatic rings. The molecule has 0 aliphatic carbocycles. The van der Waals surface area contributed by atoms with Gasteiger partial charge in [-0.15, -0.1) is 11.3 Å². The van der Waals surface area contributed by atoms with Gasteiger partial charge in [0.15, 0.2) is 17.5 Å². The topological polar surface area (TPSA) is 67.8 Å². The molecule has 2 rings (SSSR count). The second-order valence-electron chi connectivity index (χ2n) is 5.98. The molecule has 1 aromatic heterocycles. The molecule has 0 fully saturated rings. The third kappa shape index (κ3) is 6.63. The molecule has 0 unspecified atom stereocenters. The van der Waals surface area contributed by atoms with E-state index in [2.05, 4.69) is 25.3 Å².